The van der Waals surface area contributed by atoms with Crippen LogP contribution in [0.25, 0.3) is 0 Å². The van der Waals surface area contributed by atoms with Crippen LogP contribution in [0.15, 0.2) is 41.8 Å². The molecule has 1 amide bonds. The summed E-state index contributed by atoms with van der Waals surface area (Å²) in [6.45, 7) is 2.61. The van der Waals surface area contributed by atoms with Crippen LogP contribution < -0.4 is 4.90 Å². The first-order chi connectivity index (χ1) is 13.7. The molecular weight excluding hydrogens is 401 g/mol. The van der Waals surface area contributed by atoms with E-state index in [1.807, 2.05) is 17.5 Å². The lowest BCUT2D eigenvalue weighted by atomic mass is 9.89. The standard InChI is InChI=1S/C21H23F3N2O2S/c22-21(23,24)16-3-1-4-17(12-16)26-14-15(11-19(26)27)13-25-8-6-20(28,7-9-25)18-5-2-10-29-18/h1-5,10,12,15,28H,6-9,11,13-14H2. The molecule has 1 aromatic heterocycles. The van der Waals surface area contributed by atoms with Gasteiger partial charge in [0.1, 0.15) is 5.60 Å². The molecule has 2 aromatic rings. The van der Waals surface area contributed by atoms with Gasteiger partial charge >= 0.3 is 6.18 Å². The van der Waals surface area contributed by atoms with E-state index in [1.165, 1.54) is 11.0 Å². The number of aliphatic hydroxyl groups is 1. The largest absolute Gasteiger partial charge is 0.416 e. The number of alkyl halides is 3. The summed E-state index contributed by atoms with van der Waals surface area (Å²) < 4.78 is 38.9. The summed E-state index contributed by atoms with van der Waals surface area (Å²) in [6, 6.07) is 8.86. The van der Waals surface area contributed by atoms with E-state index in [1.54, 1.807) is 17.4 Å². The highest BCUT2D eigenvalue weighted by Gasteiger charge is 2.38. The monoisotopic (exact) mass is 424 g/mol. The second kappa shape index (κ2) is 7.74. The average molecular weight is 424 g/mol. The summed E-state index contributed by atoms with van der Waals surface area (Å²) in [6.07, 6.45) is -2.80. The van der Waals surface area contributed by atoms with Gasteiger partial charge in [0.05, 0.1) is 5.56 Å². The molecule has 2 saturated heterocycles. The number of likely N-dealkylation sites (tertiary alicyclic amines) is 1. The van der Waals surface area contributed by atoms with Gasteiger partial charge in [0.2, 0.25) is 5.91 Å². The molecule has 1 atom stereocenters. The quantitative estimate of drug-likeness (QED) is 0.804. The van der Waals surface area contributed by atoms with E-state index < -0.39 is 17.3 Å². The number of thiophene rings is 1. The lowest BCUT2D eigenvalue weighted by Gasteiger charge is -2.38. The Hall–Kier alpha value is -1.90. The van der Waals surface area contributed by atoms with Crippen molar-refractivity contribution < 1.29 is 23.1 Å². The molecule has 1 aromatic carbocycles. The minimum absolute atomic E-state index is 0.0740. The summed E-state index contributed by atoms with van der Waals surface area (Å²) in [5, 5.41) is 12.8. The summed E-state index contributed by atoms with van der Waals surface area (Å²) >= 11 is 1.56. The van der Waals surface area contributed by atoms with Crippen molar-refractivity contribution in [3.63, 3.8) is 0 Å². The summed E-state index contributed by atoms with van der Waals surface area (Å²) in [5.74, 6) is -0.0635. The first-order valence-electron chi connectivity index (χ1n) is 9.71. The number of anilines is 1. The van der Waals surface area contributed by atoms with Gasteiger partial charge in [0.15, 0.2) is 0 Å². The van der Waals surface area contributed by atoms with E-state index in [0.717, 1.165) is 30.1 Å². The number of rotatable bonds is 4. The molecule has 156 valence electrons. The van der Waals surface area contributed by atoms with Gasteiger partial charge < -0.3 is 14.9 Å². The molecule has 0 spiro atoms. The van der Waals surface area contributed by atoms with Crippen molar-refractivity contribution >= 4 is 22.9 Å². The van der Waals surface area contributed by atoms with E-state index in [-0.39, 0.29) is 11.8 Å². The van der Waals surface area contributed by atoms with Crippen molar-refractivity contribution in [2.45, 2.75) is 31.0 Å². The molecule has 0 bridgehead atoms. The maximum Gasteiger partial charge on any atom is 0.416 e. The topological polar surface area (TPSA) is 43.8 Å². The van der Waals surface area contributed by atoms with E-state index >= 15 is 0 Å². The van der Waals surface area contributed by atoms with Crippen molar-refractivity contribution in [2.24, 2.45) is 5.92 Å². The maximum absolute atomic E-state index is 13.0. The van der Waals surface area contributed by atoms with E-state index in [2.05, 4.69) is 4.90 Å². The molecule has 2 aliphatic rings. The van der Waals surface area contributed by atoms with Crippen molar-refractivity contribution in [2.75, 3.05) is 31.1 Å². The molecule has 4 rings (SSSR count). The molecule has 8 heteroatoms. The third kappa shape index (κ3) is 4.34. The van der Waals surface area contributed by atoms with Crippen LogP contribution >= 0.6 is 11.3 Å². The minimum atomic E-state index is -4.43. The first kappa shape index (κ1) is 20.4. The Morgan fingerprint density at radius 1 is 1.17 bits per heavy atom. The molecule has 0 aliphatic carbocycles. The van der Waals surface area contributed by atoms with Crippen LogP contribution in [0, 0.1) is 5.92 Å². The number of piperidine rings is 1. The number of carbonyl (C=O) groups is 1. The fourth-order valence-corrected chi connectivity index (χ4v) is 5.15. The van der Waals surface area contributed by atoms with Gasteiger partial charge in [0.25, 0.3) is 0 Å². The van der Waals surface area contributed by atoms with Gasteiger partial charge in [0, 0.05) is 43.2 Å². The normalized spacial score (nSPS) is 23.0. The SMILES string of the molecule is O=C1CC(CN2CCC(O)(c3cccs3)CC2)CN1c1cccc(C(F)(F)F)c1. The lowest BCUT2D eigenvalue weighted by Crippen LogP contribution is -2.44. The lowest BCUT2D eigenvalue weighted by molar-refractivity contribution is -0.137. The average Bonchev–Trinajstić information content (AvgIpc) is 3.34. The van der Waals surface area contributed by atoms with Gasteiger partial charge in [-0.25, -0.2) is 0 Å². The van der Waals surface area contributed by atoms with Gasteiger partial charge in [-0.2, -0.15) is 13.2 Å². The molecule has 0 saturated carbocycles. The van der Waals surface area contributed by atoms with Crippen LogP contribution in [-0.4, -0.2) is 42.1 Å². The molecule has 1 N–H and O–H groups in total. The minimum Gasteiger partial charge on any atom is -0.384 e. The smallest absolute Gasteiger partial charge is 0.384 e. The highest BCUT2D eigenvalue weighted by atomic mass is 32.1. The second-order valence-electron chi connectivity index (χ2n) is 7.93. The zero-order valence-corrected chi connectivity index (χ0v) is 16.7. The van der Waals surface area contributed by atoms with E-state index in [4.69, 9.17) is 0 Å². The van der Waals surface area contributed by atoms with Gasteiger partial charge in [-0.1, -0.05) is 12.1 Å². The van der Waals surface area contributed by atoms with Crippen LogP contribution in [0.3, 0.4) is 0 Å². The number of carbonyl (C=O) groups excluding carboxylic acids is 1. The zero-order chi connectivity index (χ0) is 20.6. The van der Waals surface area contributed by atoms with Crippen LogP contribution in [-0.2, 0) is 16.6 Å². The second-order valence-corrected chi connectivity index (χ2v) is 8.88. The van der Waals surface area contributed by atoms with Crippen molar-refractivity contribution in [3.05, 3.63) is 52.2 Å². The Morgan fingerprint density at radius 2 is 1.93 bits per heavy atom. The highest BCUT2D eigenvalue weighted by Crippen LogP contribution is 2.37. The van der Waals surface area contributed by atoms with Crippen LogP contribution in [0.5, 0.6) is 0 Å². The highest BCUT2D eigenvalue weighted by molar-refractivity contribution is 7.10. The van der Waals surface area contributed by atoms with E-state index in [0.29, 0.717) is 38.0 Å². The Labute approximate surface area is 171 Å². The molecule has 2 aliphatic heterocycles. The first-order valence-corrected chi connectivity index (χ1v) is 10.6. The number of nitrogens with zero attached hydrogens (tertiary/aromatic N) is 2. The van der Waals surface area contributed by atoms with Crippen LogP contribution in [0.1, 0.15) is 29.7 Å². The van der Waals surface area contributed by atoms with Crippen molar-refractivity contribution in [1.82, 2.24) is 4.90 Å². The fraction of sp³-hybridized carbons (Fsp3) is 0.476. The Morgan fingerprint density at radius 3 is 2.59 bits per heavy atom. The molecule has 29 heavy (non-hydrogen) atoms. The third-order valence-electron chi connectivity index (χ3n) is 5.87. The van der Waals surface area contributed by atoms with Gasteiger partial charge in [-0.05, 0) is 48.4 Å². The fourth-order valence-electron chi connectivity index (χ4n) is 4.26. The molecule has 2 fully saturated rings. The Kier molecular flexibility index (Phi) is 5.44. The Balaban J connectivity index is 1.36. The Bertz CT molecular complexity index is 861. The van der Waals surface area contributed by atoms with Crippen molar-refractivity contribution in [3.8, 4) is 0 Å². The number of hydrogen-bond donors (Lipinski definition) is 1. The number of amides is 1. The zero-order valence-electron chi connectivity index (χ0n) is 15.9. The molecule has 4 nitrogen and oxygen atoms in total. The molecule has 1 unspecified atom stereocenters. The third-order valence-corrected chi connectivity index (χ3v) is 6.93. The number of benzene rings is 1. The number of hydrogen-bond acceptors (Lipinski definition) is 4. The summed E-state index contributed by atoms with van der Waals surface area (Å²) in [7, 11) is 0. The maximum atomic E-state index is 13.0. The summed E-state index contributed by atoms with van der Waals surface area (Å²) in [5.41, 5.74) is -1.21. The number of halogens is 3. The molecular formula is C21H23F3N2O2S. The van der Waals surface area contributed by atoms with E-state index in [9.17, 15) is 23.1 Å². The predicted octanol–water partition coefficient (Wildman–Crippen LogP) is 4.10. The predicted molar refractivity (Wildman–Crippen MR) is 106 cm³/mol. The van der Waals surface area contributed by atoms with Gasteiger partial charge in [-0.15, -0.1) is 11.3 Å². The summed E-state index contributed by atoms with van der Waals surface area (Å²) in [4.78, 5) is 17.1. The van der Waals surface area contributed by atoms with Gasteiger partial charge in [-0.3, -0.25) is 4.79 Å². The van der Waals surface area contributed by atoms with Crippen LogP contribution in [0.2, 0.25) is 0 Å². The molecule has 0 radical (unpaired) electrons. The van der Waals surface area contributed by atoms with Crippen molar-refractivity contribution in [1.29, 1.82) is 0 Å². The van der Waals surface area contributed by atoms with Crippen LogP contribution in [0.4, 0.5) is 18.9 Å². The molecule has 3 heterocycles.